The highest BCUT2D eigenvalue weighted by molar-refractivity contribution is 14.1. The molecular formula is C11H12BrIN4. The van der Waals surface area contributed by atoms with E-state index in [0.29, 0.717) is 0 Å². The van der Waals surface area contributed by atoms with Gasteiger partial charge in [0.25, 0.3) is 0 Å². The number of hydrogen-bond donors (Lipinski definition) is 1. The second kappa shape index (κ2) is 5.92. The molecule has 2 rings (SSSR count). The third-order valence-electron chi connectivity index (χ3n) is 2.24. The van der Waals surface area contributed by atoms with Crippen molar-refractivity contribution in [3.05, 3.63) is 38.3 Å². The Bertz CT molecular complexity index is 512. The molecule has 0 amide bonds. The molecule has 0 saturated heterocycles. The predicted molar refractivity (Wildman–Crippen MR) is 79.2 cm³/mol. The van der Waals surface area contributed by atoms with Gasteiger partial charge in [-0.15, -0.1) is 0 Å². The summed E-state index contributed by atoms with van der Waals surface area (Å²) in [6, 6.07) is 2.07. The molecule has 0 fully saturated rings. The van der Waals surface area contributed by atoms with Crippen molar-refractivity contribution in [2.24, 2.45) is 0 Å². The Morgan fingerprint density at radius 3 is 2.94 bits per heavy atom. The van der Waals surface area contributed by atoms with Crippen molar-refractivity contribution in [3.63, 3.8) is 0 Å². The lowest BCUT2D eigenvalue weighted by Crippen LogP contribution is -2.15. The summed E-state index contributed by atoms with van der Waals surface area (Å²) >= 11 is 5.68. The second-order valence-corrected chi connectivity index (χ2v) is 5.68. The molecule has 2 heterocycles. The fourth-order valence-electron chi connectivity index (χ4n) is 1.49. The van der Waals surface area contributed by atoms with Crippen LogP contribution in [0, 0.1) is 3.57 Å². The number of nitrogens with one attached hydrogen (secondary N) is 1. The predicted octanol–water partition coefficient (Wildman–Crippen LogP) is 2.74. The minimum absolute atomic E-state index is 0.786. The van der Waals surface area contributed by atoms with E-state index in [1.165, 1.54) is 0 Å². The van der Waals surface area contributed by atoms with Gasteiger partial charge in [0.2, 0.25) is 0 Å². The molecule has 1 N–H and O–H groups in total. The maximum atomic E-state index is 4.42. The zero-order valence-electron chi connectivity index (χ0n) is 9.32. The van der Waals surface area contributed by atoms with E-state index >= 15 is 0 Å². The molecule has 0 saturated carbocycles. The standard InChI is InChI=1S/C11H12BrIN4/c1-2-14-4-8-3-9(12)5-15-11(8)17-7-10(13)6-16-17/h3,5-7,14H,2,4H2,1H3. The highest BCUT2D eigenvalue weighted by Gasteiger charge is 2.08. The van der Waals surface area contributed by atoms with E-state index in [2.05, 4.69) is 66.9 Å². The molecule has 0 aliphatic carbocycles. The Hall–Kier alpha value is -0.470. The third-order valence-corrected chi connectivity index (χ3v) is 3.23. The summed E-state index contributed by atoms with van der Waals surface area (Å²) in [7, 11) is 0. The van der Waals surface area contributed by atoms with Crippen LogP contribution < -0.4 is 5.32 Å². The topological polar surface area (TPSA) is 42.7 Å². The van der Waals surface area contributed by atoms with E-state index in [1.54, 1.807) is 10.9 Å². The molecular weight excluding hydrogens is 395 g/mol. The first-order valence-corrected chi connectivity index (χ1v) is 7.13. The third kappa shape index (κ3) is 3.26. The minimum atomic E-state index is 0.786. The van der Waals surface area contributed by atoms with Crippen LogP contribution in [0.3, 0.4) is 0 Å². The molecule has 0 spiro atoms. The van der Waals surface area contributed by atoms with E-state index in [-0.39, 0.29) is 0 Å². The van der Waals surface area contributed by atoms with Crippen molar-refractivity contribution in [2.75, 3.05) is 6.54 Å². The number of halogens is 2. The highest BCUT2D eigenvalue weighted by Crippen LogP contribution is 2.17. The average molecular weight is 407 g/mol. The molecule has 0 unspecified atom stereocenters. The van der Waals surface area contributed by atoms with Gasteiger partial charge in [0.05, 0.1) is 9.77 Å². The molecule has 0 aliphatic rings. The smallest absolute Gasteiger partial charge is 0.157 e. The SMILES string of the molecule is CCNCc1cc(Br)cnc1-n1cc(I)cn1. The molecule has 2 aromatic heterocycles. The van der Waals surface area contributed by atoms with Crippen LogP contribution in [0.2, 0.25) is 0 Å². The van der Waals surface area contributed by atoms with Gasteiger partial charge in [0.1, 0.15) is 0 Å². The second-order valence-electron chi connectivity index (χ2n) is 3.52. The highest BCUT2D eigenvalue weighted by atomic mass is 127. The summed E-state index contributed by atoms with van der Waals surface area (Å²) in [5.74, 6) is 0.872. The van der Waals surface area contributed by atoms with Gasteiger partial charge in [-0.05, 0) is 51.1 Å². The summed E-state index contributed by atoms with van der Waals surface area (Å²) in [5, 5.41) is 7.59. The van der Waals surface area contributed by atoms with Crippen molar-refractivity contribution in [2.45, 2.75) is 13.5 Å². The van der Waals surface area contributed by atoms with Crippen LogP contribution in [-0.4, -0.2) is 21.3 Å². The van der Waals surface area contributed by atoms with Gasteiger partial charge >= 0.3 is 0 Å². The Labute approximate surface area is 122 Å². The van der Waals surface area contributed by atoms with Crippen LogP contribution in [0.1, 0.15) is 12.5 Å². The van der Waals surface area contributed by atoms with Crippen molar-refractivity contribution in [3.8, 4) is 5.82 Å². The van der Waals surface area contributed by atoms with Gasteiger partial charge in [-0.1, -0.05) is 6.92 Å². The lowest BCUT2D eigenvalue weighted by molar-refractivity contribution is 0.709. The van der Waals surface area contributed by atoms with Crippen LogP contribution in [-0.2, 0) is 6.54 Å². The Kier molecular flexibility index (Phi) is 4.52. The van der Waals surface area contributed by atoms with Crippen LogP contribution in [0.4, 0.5) is 0 Å². The van der Waals surface area contributed by atoms with E-state index in [4.69, 9.17) is 0 Å². The van der Waals surface area contributed by atoms with Gasteiger partial charge in [0.15, 0.2) is 5.82 Å². The van der Waals surface area contributed by atoms with E-state index < -0.39 is 0 Å². The van der Waals surface area contributed by atoms with Crippen LogP contribution >= 0.6 is 38.5 Å². The monoisotopic (exact) mass is 406 g/mol. The van der Waals surface area contributed by atoms with Crippen molar-refractivity contribution >= 4 is 38.5 Å². The van der Waals surface area contributed by atoms with Crippen molar-refractivity contribution in [1.29, 1.82) is 0 Å². The van der Waals surface area contributed by atoms with Crippen molar-refractivity contribution in [1.82, 2.24) is 20.1 Å². The summed E-state index contributed by atoms with van der Waals surface area (Å²) < 4.78 is 3.89. The summed E-state index contributed by atoms with van der Waals surface area (Å²) in [5.41, 5.74) is 1.13. The Morgan fingerprint density at radius 2 is 2.29 bits per heavy atom. The average Bonchev–Trinajstić information content (AvgIpc) is 2.73. The number of rotatable bonds is 4. The summed E-state index contributed by atoms with van der Waals surface area (Å²) in [6.45, 7) is 3.80. The summed E-state index contributed by atoms with van der Waals surface area (Å²) in [4.78, 5) is 4.42. The van der Waals surface area contributed by atoms with Gasteiger partial charge in [-0.25, -0.2) is 9.67 Å². The maximum Gasteiger partial charge on any atom is 0.157 e. The lowest BCUT2D eigenvalue weighted by Gasteiger charge is -2.09. The summed E-state index contributed by atoms with van der Waals surface area (Å²) in [6.07, 6.45) is 5.58. The molecule has 4 nitrogen and oxygen atoms in total. The molecule has 0 aliphatic heterocycles. The maximum absolute atomic E-state index is 4.42. The van der Waals surface area contributed by atoms with Crippen LogP contribution in [0.15, 0.2) is 29.1 Å². The molecule has 6 heteroatoms. The molecule has 90 valence electrons. The minimum Gasteiger partial charge on any atom is -0.313 e. The van der Waals surface area contributed by atoms with Crippen LogP contribution in [0.5, 0.6) is 0 Å². The fraction of sp³-hybridized carbons (Fsp3) is 0.273. The zero-order chi connectivity index (χ0) is 12.3. The number of hydrogen-bond acceptors (Lipinski definition) is 3. The first-order valence-electron chi connectivity index (χ1n) is 5.26. The van der Waals surface area contributed by atoms with Crippen LogP contribution in [0.25, 0.3) is 5.82 Å². The molecule has 2 aromatic rings. The first kappa shape index (κ1) is 13.0. The molecule has 0 radical (unpaired) electrons. The first-order chi connectivity index (χ1) is 8.20. The van der Waals surface area contributed by atoms with Gasteiger partial charge in [-0.2, -0.15) is 5.10 Å². The zero-order valence-corrected chi connectivity index (χ0v) is 13.1. The quantitative estimate of drug-likeness (QED) is 0.794. The fourth-order valence-corrected chi connectivity index (χ4v) is 2.25. The van der Waals surface area contributed by atoms with E-state index in [0.717, 1.165) is 32.5 Å². The van der Waals surface area contributed by atoms with E-state index in [1.807, 2.05) is 12.4 Å². The Morgan fingerprint density at radius 1 is 1.47 bits per heavy atom. The number of nitrogens with zero attached hydrogens (tertiary/aromatic N) is 3. The molecule has 17 heavy (non-hydrogen) atoms. The lowest BCUT2D eigenvalue weighted by atomic mass is 10.2. The number of aromatic nitrogens is 3. The molecule has 0 bridgehead atoms. The number of pyridine rings is 1. The van der Waals surface area contributed by atoms with Gasteiger partial charge in [0, 0.05) is 29.0 Å². The largest absolute Gasteiger partial charge is 0.313 e. The van der Waals surface area contributed by atoms with Crippen molar-refractivity contribution < 1.29 is 0 Å². The molecule has 0 atom stereocenters. The molecule has 0 aromatic carbocycles. The van der Waals surface area contributed by atoms with Gasteiger partial charge in [-0.3, -0.25) is 0 Å². The normalized spacial score (nSPS) is 10.8. The van der Waals surface area contributed by atoms with E-state index in [9.17, 15) is 0 Å². The Balaban J connectivity index is 2.38. The van der Waals surface area contributed by atoms with Gasteiger partial charge < -0.3 is 5.32 Å².